The van der Waals surface area contributed by atoms with Crippen LogP contribution in [0.4, 0.5) is 0 Å². The average molecular weight is 608 g/mol. The Hall–Kier alpha value is -2.40. The summed E-state index contributed by atoms with van der Waals surface area (Å²) in [4.78, 5) is 0. The molecule has 0 aromatic heterocycles. The third-order valence-electron chi connectivity index (χ3n) is 7.62. The summed E-state index contributed by atoms with van der Waals surface area (Å²) in [7, 11) is 0.660. The number of hydrogen-bond acceptors (Lipinski definition) is 1. The van der Waals surface area contributed by atoms with E-state index in [4.69, 9.17) is 4.43 Å². The zero-order valence-electron chi connectivity index (χ0n) is 27.0. The van der Waals surface area contributed by atoms with E-state index in [1.165, 1.54) is 77.1 Å². The van der Waals surface area contributed by atoms with Crippen molar-refractivity contribution in [2.45, 2.75) is 83.1 Å². The van der Waals surface area contributed by atoms with Crippen molar-refractivity contribution in [3.8, 4) is 0 Å². The van der Waals surface area contributed by atoms with Gasteiger partial charge in [0.1, 0.15) is 0 Å². The summed E-state index contributed by atoms with van der Waals surface area (Å²) in [6, 6.07) is 18.4. The fraction of sp³-hybridized carbons (Fsp3) is 0.351. The van der Waals surface area contributed by atoms with E-state index < -0.39 is 9.04 Å². The van der Waals surface area contributed by atoms with E-state index in [0.29, 0.717) is 0 Å². The van der Waals surface area contributed by atoms with Crippen molar-refractivity contribution in [2.75, 3.05) is 7.11 Å². The Morgan fingerprint density at radius 2 is 0.625 bits per heavy atom. The molecule has 0 fully saturated rings. The molecule has 4 aromatic carbocycles. The number of rotatable bonds is 5. The zero-order chi connectivity index (χ0) is 29.9. The van der Waals surface area contributed by atoms with Crippen LogP contribution < -0.4 is 19.2 Å². The van der Waals surface area contributed by atoms with Gasteiger partial charge in [-0.15, -0.1) is 0 Å². The molecule has 3 heteroatoms. The third-order valence-corrected chi connectivity index (χ3v) is 14.9. The number of aryl methyl sites for hydroxylation is 12. The molecule has 4 aromatic rings. The van der Waals surface area contributed by atoms with Crippen LogP contribution in [0.15, 0.2) is 48.5 Å². The fourth-order valence-electron chi connectivity index (χ4n) is 6.28. The molecule has 0 heterocycles. The van der Waals surface area contributed by atoms with Crippen LogP contribution in [0.3, 0.4) is 0 Å². The minimum atomic E-state index is -1.19. The van der Waals surface area contributed by atoms with Gasteiger partial charge in [0.15, 0.2) is 0 Å². The topological polar surface area (TPSA) is 9.23 Å². The van der Waals surface area contributed by atoms with E-state index in [-0.39, 0.29) is 15.4 Å². The molecule has 0 spiro atoms. The molecule has 0 unspecified atom stereocenters. The summed E-state index contributed by atoms with van der Waals surface area (Å²) in [5, 5.41) is 2.81. The van der Waals surface area contributed by atoms with Crippen LogP contribution in [0.2, 0.25) is 0 Å². The summed E-state index contributed by atoms with van der Waals surface area (Å²) in [5.74, 6) is 0. The van der Waals surface area contributed by atoms with Crippen LogP contribution in [0.5, 0.6) is 0 Å². The first-order valence-corrected chi connectivity index (χ1v) is 17.7. The molecule has 0 atom stereocenters. The molecule has 0 bridgehead atoms. The molecular formula is C37H47GeOSi. The van der Waals surface area contributed by atoms with E-state index in [1.807, 2.05) is 7.11 Å². The van der Waals surface area contributed by atoms with Gasteiger partial charge in [-0.3, -0.25) is 0 Å². The average Bonchev–Trinajstić information content (AvgIpc) is 2.80. The molecule has 209 valence electrons. The maximum absolute atomic E-state index is 6.03. The van der Waals surface area contributed by atoms with Crippen LogP contribution in [0.25, 0.3) is 0 Å². The van der Waals surface area contributed by atoms with Crippen molar-refractivity contribution < 1.29 is 4.43 Å². The molecule has 0 N–H and O–H groups in total. The second kappa shape index (κ2) is 13.5. The summed E-state index contributed by atoms with van der Waals surface area (Å²) in [6.45, 7) is 26.6. The van der Waals surface area contributed by atoms with Crippen LogP contribution in [-0.4, -0.2) is 31.6 Å². The summed E-state index contributed by atoms with van der Waals surface area (Å²) >= 11 is -0.239. The quantitative estimate of drug-likeness (QED) is 0.236. The van der Waals surface area contributed by atoms with E-state index in [2.05, 4.69) is 132 Å². The summed E-state index contributed by atoms with van der Waals surface area (Å²) < 4.78 is 9.25. The van der Waals surface area contributed by atoms with Gasteiger partial charge in [0.2, 0.25) is 0 Å². The molecule has 0 aliphatic carbocycles. The van der Waals surface area contributed by atoms with Crippen molar-refractivity contribution in [3.05, 3.63) is 115 Å². The maximum atomic E-state index is 6.03. The number of benzene rings is 4. The second-order valence-corrected chi connectivity index (χ2v) is 16.4. The SMILES string of the molecule is CO[Si](c1c(C)cc(C)cc1C)c1c(C)cc(C)cc1C.Cc1cc(C)[c]([Ge][c]2c(C)cc(C)cc2C)c(C)c1. The molecule has 0 amide bonds. The first kappa shape index (κ1) is 32.1. The van der Waals surface area contributed by atoms with Crippen LogP contribution in [0.1, 0.15) is 66.8 Å². The third kappa shape index (κ3) is 7.46. The van der Waals surface area contributed by atoms with Gasteiger partial charge >= 0.3 is 123 Å². The van der Waals surface area contributed by atoms with Crippen molar-refractivity contribution in [2.24, 2.45) is 0 Å². The van der Waals surface area contributed by atoms with Gasteiger partial charge in [-0.1, -0.05) is 35.4 Å². The van der Waals surface area contributed by atoms with Crippen molar-refractivity contribution >= 4 is 43.6 Å². The van der Waals surface area contributed by atoms with E-state index in [1.54, 1.807) is 8.79 Å². The van der Waals surface area contributed by atoms with Crippen molar-refractivity contribution in [3.63, 3.8) is 0 Å². The first-order valence-electron chi connectivity index (χ1n) is 14.2. The molecule has 3 radical (unpaired) electrons. The Morgan fingerprint density at radius 1 is 0.400 bits per heavy atom. The molecule has 0 aliphatic heterocycles. The number of hydrogen-bond donors (Lipinski definition) is 0. The van der Waals surface area contributed by atoms with E-state index in [9.17, 15) is 0 Å². The minimum absolute atomic E-state index is 0.239. The van der Waals surface area contributed by atoms with E-state index in [0.717, 1.165) is 0 Å². The van der Waals surface area contributed by atoms with Gasteiger partial charge in [0.05, 0.1) is 0 Å². The fourth-order valence-corrected chi connectivity index (χ4v) is 11.4. The predicted octanol–water partition coefficient (Wildman–Crippen LogP) is 6.48. The van der Waals surface area contributed by atoms with Crippen LogP contribution in [-0.2, 0) is 4.43 Å². The predicted molar refractivity (Wildman–Crippen MR) is 180 cm³/mol. The molecule has 1 nitrogen and oxygen atoms in total. The van der Waals surface area contributed by atoms with E-state index >= 15 is 0 Å². The Labute approximate surface area is 252 Å². The van der Waals surface area contributed by atoms with Gasteiger partial charge in [-0.05, 0) is 74.2 Å². The Balaban J connectivity index is 0.000000222. The molecule has 0 saturated carbocycles. The Kier molecular flexibility index (Phi) is 10.8. The Morgan fingerprint density at radius 3 is 0.850 bits per heavy atom. The normalized spacial score (nSPS) is 11.1. The van der Waals surface area contributed by atoms with Gasteiger partial charge in [0.25, 0.3) is 9.04 Å². The van der Waals surface area contributed by atoms with Gasteiger partial charge in [0, 0.05) is 7.11 Å². The standard InChI is InChI=1S/C19H25OSi.C18H22Ge/c1-12-8-14(3)18(15(4)9-12)21(20-7)19-16(5)10-13(2)11-17(19)6;1-11-7-13(3)17(14(4)8-11)19-18-15(5)9-12(2)10-16(18)6/h8-11H,1-7H3;7-10H,1-6H3. The van der Waals surface area contributed by atoms with Crippen LogP contribution >= 0.6 is 0 Å². The molecule has 4 rings (SSSR count). The summed E-state index contributed by atoms with van der Waals surface area (Å²) in [5.41, 5.74) is 16.7. The summed E-state index contributed by atoms with van der Waals surface area (Å²) in [6.07, 6.45) is 0. The molecule has 0 saturated heterocycles. The van der Waals surface area contributed by atoms with Crippen molar-refractivity contribution in [1.29, 1.82) is 0 Å². The van der Waals surface area contributed by atoms with Crippen LogP contribution in [0, 0.1) is 83.1 Å². The molecule has 0 aliphatic rings. The molecular weight excluding hydrogens is 561 g/mol. The Bertz CT molecular complexity index is 1330. The van der Waals surface area contributed by atoms with Crippen molar-refractivity contribution in [1.82, 2.24) is 0 Å². The first-order chi connectivity index (χ1) is 18.7. The zero-order valence-corrected chi connectivity index (χ0v) is 30.1. The monoisotopic (exact) mass is 609 g/mol. The molecule has 40 heavy (non-hydrogen) atoms. The van der Waals surface area contributed by atoms with Gasteiger partial charge in [-0.25, -0.2) is 0 Å². The van der Waals surface area contributed by atoms with Gasteiger partial charge < -0.3 is 4.43 Å². The van der Waals surface area contributed by atoms with Gasteiger partial charge in [-0.2, -0.15) is 0 Å². The second-order valence-electron chi connectivity index (χ2n) is 11.8.